The molecule has 1 aliphatic heterocycles. The molecule has 1 saturated heterocycles. The molecule has 1 aliphatic carbocycles. The number of H-pyrrole nitrogens is 1. The maximum Gasteiger partial charge on any atom is 0.216 e. The van der Waals surface area contributed by atoms with Gasteiger partial charge < -0.3 is 4.98 Å². The quantitative estimate of drug-likeness (QED) is 0.945. The summed E-state index contributed by atoms with van der Waals surface area (Å²) in [4.78, 5) is 8.02. The van der Waals surface area contributed by atoms with E-state index >= 15 is 0 Å². The first kappa shape index (κ1) is 13.3. The maximum absolute atomic E-state index is 12.2. The Morgan fingerprint density at radius 2 is 1.81 bits per heavy atom. The van der Waals surface area contributed by atoms with Crippen LogP contribution in [0.3, 0.4) is 0 Å². The molecule has 4 rings (SSSR count). The van der Waals surface area contributed by atoms with Gasteiger partial charge in [-0.25, -0.2) is 17.7 Å². The molecular formula is C15H19N3O2S. The number of para-hydroxylation sites is 2. The molecule has 5 nitrogen and oxygen atoms in total. The minimum Gasteiger partial charge on any atom is -0.342 e. The fourth-order valence-electron chi connectivity index (χ4n) is 3.13. The van der Waals surface area contributed by atoms with Gasteiger partial charge in [0, 0.05) is 19.0 Å². The molecule has 1 N–H and O–H groups in total. The van der Waals surface area contributed by atoms with Crippen molar-refractivity contribution >= 4 is 21.1 Å². The van der Waals surface area contributed by atoms with Crippen LogP contribution in [0.1, 0.15) is 37.4 Å². The Balaban J connectivity index is 1.49. The van der Waals surface area contributed by atoms with Gasteiger partial charge in [-0.1, -0.05) is 12.1 Å². The zero-order chi connectivity index (χ0) is 14.4. The van der Waals surface area contributed by atoms with Crippen molar-refractivity contribution in [2.24, 2.45) is 0 Å². The van der Waals surface area contributed by atoms with Crippen LogP contribution in [-0.2, 0) is 10.0 Å². The van der Waals surface area contributed by atoms with Gasteiger partial charge in [0.2, 0.25) is 10.0 Å². The molecule has 0 spiro atoms. The van der Waals surface area contributed by atoms with Crippen molar-refractivity contribution in [3.63, 3.8) is 0 Å². The van der Waals surface area contributed by atoms with Crippen molar-refractivity contribution in [2.75, 3.05) is 13.1 Å². The van der Waals surface area contributed by atoms with Crippen LogP contribution in [0.25, 0.3) is 11.0 Å². The van der Waals surface area contributed by atoms with Gasteiger partial charge in [-0.15, -0.1) is 0 Å². The van der Waals surface area contributed by atoms with E-state index in [0.717, 1.165) is 42.5 Å². The molecule has 0 bridgehead atoms. The average Bonchev–Trinajstić information content (AvgIpc) is 3.27. The van der Waals surface area contributed by atoms with E-state index in [4.69, 9.17) is 0 Å². The highest BCUT2D eigenvalue weighted by atomic mass is 32.2. The van der Waals surface area contributed by atoms with Gasteiger partial charge >= 0.3 is 0 Å². The van der Waals surface area contributed by atoms with Crippen LogP contribution < -0.4 is 0 Å². The van der Waals surface area contributed by atoms with Crippen LogP contribution in [0, 0.1) is 0 Å². The molecule has 6 heteroatoms. The number of rotatable bonds is 3. The van der Waals surface area contributed by atoms with E-state index < -0.39 is 10.0 Å². The molecule has 1 aromatic heterocycles. The Hall–Kier alpha value is -1.40. The molecule has 0 atom stereocenters. The Labute approximate surface area is 124 Å². The lowest BCUT2D eigenvalue weighted by molar-refractivity contribution is 0.314. The standard InChI is InChI=1S/C15H19N3O2S/c19-21(20,12-5-6-12)18-9-7-11(8-10-18)15-16-13-3-1-2-4-14(13)17-15/h1-4,11-12H,5-10H2,(H,16,17). The minimum atomic E-state index is -3.02. The monoisotopic (exact) mass is 305 g/mol. The predicted molar refractivity (Wildman–Crippen MR) is 81.6 cm³/mol. The number of hydrogen-bond acceptors (Lipinski definition) is 3. The van der Waals surface area contributed by atoms with Gasteiger partial charge in [-0.05, 0) is 37.8 Å². The van der Waals surface area contributed by atoms with Crippen molar-refractivity contribution in [2.45, 2.75) is 36.9 Å². The summed E-state index contributed by atoms with van der Waals surface area (Å²) < 4.78 is 26.2. The lowest BCUT2D eigenvalue weighted by Gasteiger charge is -2.30. The summed E-state index contributed by atoms with van der Waals surface area (Å²) in [5.74, 6) is 1.34. The third-order valence-corrected chi connectivity index (χ3v) is 6.95. The Morgan fingerprint density at radius 1 is 1.10 bits per heavy atom. The molecule has 0 amide bonds. The normalized spacial score (nSPS) is 21.9. The number of benzene rings is 1. The van der Waals surface area contributed by atoms with E-state index in [1.54, 1.807) is 4.31 Å². The molecule has 2 fully saturated rings. The van der Waals surface area contributed by atoms with Crippen molar-refractivity contribution < 1.29 is 8.42 Å². The van der Waals surface area contributed by atoms with E-state index in [1.165, 1.54) is 0 Å². The zero-order valence-corrected chi connectivity index (χ0v) is 12.6. The van der Waals surface area contributed by atoms with Crippen LogP contribution in [0.5, 0.6) is 0 Å². The molecule has 2 heterocycles. The average molecular weight is 305 g/mol. The van der Waals surface area contributed by atoms with E-state index in [2.05, 4.69) is 9.97 Å². The van der Waals surface area contributed by atoms with Crippen LogP contribution in [0.4, 0.5) is 0 Å². The minimum absolute atomic E-state index is 0.0970. The lowest BCUT2D eigenvalue weighted by atomic mass is 9.97. The fraction of sp³-hybridized carbons (Fsp3) is 0.533. The van der Waals surface area contributed by atoms with Gasteiger partial charge in [0.25, 0.3) is 0 Å². The second-order valence-electron chi connectivity index (χ2n) is 6.06. The molecule has 1 aromatic carbocycles. The summed E-state index contributed by atoms with van der Waals surface area (Å²) >= 11 is 0. The van der Waals surface area contributed by atoms with Crippen molar-refractivity contribution in [3.8, 4) is 0 Å². The van der Waals surface area contributed by atoms with E-state index in [9.17, 15) is 8.42 Å². The Kier molecular flexibility index (Phi) is 3.04. The van der Waals surface area contributed by atoms with Gasteiger partial charge in [-0.3, -0.25) is 0 Å². The van der Waals surface area contributed by atoms with Crippen molar-refractivity contribution in [1.29, 1.82) is 0 Å². The largest absolute Gasteiger partial charge is 0.342 e. The number of aromatic nitrogens is 2. The number of hydrogen-bond donors (Lipinski definition) is 1. The second-order valence-corrected chi connectivity index (χ2v) is 8.27. The van der Waals surface area contributed by atoms with Crippen LogP contribution in [0.15, 0.2) is 24.3 Å². The van der Waals surface area contributed by atoms with Gasteiger partial charge in [0.1, 0.15) is 5.82 Å². The van der Waals surface area contributed by atoms with Gasteiger partial charge in [0.15, 0.2) is 0 Å². The topological polar surface area (TPSA) is 66.1 Å². The van der Waals surface area contributed by atoms with Gasteiger partial charge in [-0.2, -0.15) is 0 Å². The van der Waals surface area contributed by atoms with Crippen LogP contribution in [-0.4, -0.2) is 41.0 Å². The van der Waals surface area contributed by atoms with Crippen molar-refractivity contribution in [3.05, 3.63) is 30.1 Å². The van der Waals surface area contributed by atoms with E-state index in [0.29, 0.717) is 19.0 Å². The summed E-state index contributed by atoms with van der Waals surface area (Å²) in [7, 11) is -3.02. The summed E-state index contributed by atoms with van der Waals surface area (Å²) in [5, 5.41) is -0.0970. The SMILES string of the molecule is O=S(=O)(C1CC1)N1CCC(c2nc3ccccc3[nH]2)CC1. The number of aromatic amines is 1. The maximum atomic E-state index is 12.2. The van der Waals surface area contributed by atoms with Crippen LogP contribution >= 0.6 is 0 Å². The number of sulfonamides is 1. The first-order chi connectivity index (χ1) is 10.1. The molecule has 2 aliphatic rings. The zero-order valence-electron chi connectivity index (χ0n) is 11.8. The van der Waals surface area contributed by atoms with Gasteiger partial charge in [0.05, 0.1) is 16.3 Å². The first-order valence-electron chi connectivity index (χ1n) is 7.58. The highest BCUT2D eigenvalue weighted by Gasteiger charge is 2.41. The molecule has 21 heavy (non-hydrogen) atoms. The molecule has 0 unspecified atom stereocenters. The summed E-state index contributed by atoms with van der Waals surface area (Å²) in [6.07, 6.45) is 3.38. The van der Waals surface area contributed by atoms with E-state index in [-0.39, 0.29) is 5.25 Å². The molecule has 1 saturated carbocycles. The number of imidazole rings is 1. The summed E-state index contributed by atoms with van der Waals surface area (Å²) in [6, 6.07) is 8.01. The third-order valence-electron chi connectivity index (χ3n) is 4.55. The molecule has 2 aromatic rings. The van der Waals surface area contributed by atoms with E-state index in [1.807, 2.05) is 24.3 Å². The van der Waals surface area contributed by atoms with Crippen molar-refractivity contribution in [1.82, 2.24) is 14.3 Å². The second kappa shape index (κ2) is 4.81. The lowest BCUT2D eigenvalue weighted by Crippen LogP contribution is -2.39. The number of piperidine rings is 1. The van der Waals surface area contributed by atoms with Crippen LogP contribution in [0.2, 0.25) is 0 Å². The highest BCUT2D eigenvalue weighted by molar-refractivity contribution is 7.90. The smallest absolute Gasteiger partial charge is 0.216 e. The third kappa shape index (κ3) is 2.36. The molecule has 0 radical (unpaired) electrons. The fourth-order valence-corrected chi connectivity index (χ4v) is 5.00. The summed E-state index contributed by atoms with van der Waals surface area (Å²) in [6.45, 7) is 1.25. The molecular weight excluding hydrogens is 286 g/mol. The molecule has 112 valence electrons. The summed E-state index contributed by atoms with van der Waals surface area (Å²) in [5.41, 5.74) is 2.04. The Morgan fingerprint density at radius 3 is 2.48 bits per heavy atom. The first-order valence-corrected chi connectivity index (χ1v) is 9.08. The predicted octanol–water partition coefficient (Wildman–Crippen LogP) is 2.23. The number of nitrogens with zero attached hydrogens (tertiary/aromatic N) is 2. The number of nitrogens with one attached hydrogen (secondary N) is 1. The highest BCUT2D eigenvalue weighted by Crippen LogP contribution is 2.35. The number of fused-ring (bicyclic) bond motifs is 1. The Bertz CT molecular complexity index is 723.